The molecule has 0 fully saturated rings. The largest absolute Gasteiger partial charge is 0.493 e. The van der Waals surface area contributed by atoms with Gasteiger partial charge in [-0.25, -0.2) is 9.38 Å². The zero-order chi connectivity index (χ0) is 18.2. The number of nitrogens with two attached hydrogens (primary N) is 1. The number of ether oxygens (including phenoxy) is 2. The first kappa shape index (κ1) is 18.1. The average Bonchev–Trinajstić information content (AvgIpc) is 2.65. The van der Waals surface area contributed by atoms with Crippen LogP contribution in [-0.4, -0.2) is 20.2 Å². The van der Waals surface area contributed by atoms with Gasteiger partial charge in [0.05, 0.1) is 32.4 Å². The van der Waals surface area contributed by atoms with E-state index in [1.54, 1.807) is 20.3 Å². The highest BCUT2D eigenvalue weighted by atomic mass is 19.1. The van der Waals surface area contributed by atoms with Crippen LogP contribution in [0, 0.1) is 17.1 Å². The number of aliphatic imine (C=N–C) groups is 1. The number of methoxy groups -OCH3 is 2. The lowest BCUT2D eigenvalue weighted by atomic mass is 10.1. The Balaban J connectivity index is 2.00. The maximum atomic E-state index is 13.7. The number of nitrogens with one attached hydrogen (secondary N) is 1. The fraction of sp³-hybridized carbons (Fsp3) is 0.222. The van der Waals surface area contributed by atoms with Crippen molar-refractivity contribution >= 4 is 5.96 Å². The molecule has 0 aliphatic carbocycles. The van der Waals surface area contributed by atoms with Crippen molar-refractivity contribution in [2.45, 2.75) is 13.1 Å². The summed E-state index contributed by atoms with van der Waals surface area (Å²) in [6, 6.07) is 11.6. The lowest BCUT2D eigenvalue weighted by Crippen LogP contribution is -2.31. The van der Waals surface area contributed by atoms with Gasteiger partial charge >= 0.3 is 0 Å². The van der Waals surface area contributed by atoms with E-state index in [9.17, 15) is 4.39 Å². The third-order valence-corrected chi connectivity index (χ3v) is 3.51. The molecule has 25 heavy (non-hydrogen) atoms. The molecule has 3 N–H and O–H groups in total. The van der Waals surface area contributed by atoms with Gasteiger partial charge in [0.25, 0.3) is 0 Å². The summed E-state index contributed by atoms with van der Waals surface area (Å²) < 4.78 is 24.1. The van der Waals surface area contributed by atoms with Crippen molar-refractivity contribution in [3.8, 4) is 17.6 Å². The maximum Gasteiger partial charge on any atom is 0.189 e. The number of benzene rings is 2. The normalized spacial score (nSPS) is 10.9. The van der Waals surface area contributed by atoms with Gasteiger partial charge in [0.2, 0.25) is 0 Å². The molecule has 0 saturated carbocycles. The Kier molecular flexibility index (Phi) is 6.18. The molecule has 2 aromatic rings. The van der Waals surface area contributed by atoms with Crippen LogP contribution in [0.1, 0.15) is 16.7 Å². The lowest BCUT2D eigenvalue weighted by Gasteiger charge is -2.09. The van der Waals surface area contributed by atoms with Crippen molar-refractivity contribution in [2.75, 3.05) is 14.2 Å². The van der Waals surface area contributed by atoms with Crippen LogP contribution in [0.4, 0.5) is 4.39 Å². The number of halogens is 1. The van der Waals surface area contributed by atoms with Gasteiger partial charge in [-0.1, -0.05) is 6.07 Å². The SMILES string of the molecule is COc1ccc(CN=C(N)NCc2cc(C#N)ccc2F)cc1OC. The van der Waals surface area contributed by atoms with Crippen LogP contribution in [0.3, 0.4) is 0 Å². The number of nitriles is 1. The minimum atomic E-state index is -0.404. The highest BCUT2D eigenvalue weighted by Crippen LogP contribution is 2.27. The van der Waals surface area contributed by atoms with E-state index in [-0.39, 0.29) is 12.5 Å². The van der Waals surface area contributed by atoms with Gasteiger partial charge in [-0.2, -0.15) is 5.26 Å². The molecular formula is C18H19FN4O2. The Bertz CT molecular complexity index is 815. The van der Waals surface area contributed by atoms with Crippen LogP contribution in [0.25, 0.3) is 0 Å². The molecule has 0 unspecified atom stereocenters. The fourth-order valence-corrected chi connectivity index (χ4v) is 2.18. The van der Waals surface area contributed by atoms with Gasteiger partial charge in [0.15, 0.2) is 17.5 Å². The van der Waals surface area contributed by atoms with E-state index in [0.29, 0.717) is 29.2 Å². The van der Waals surface area contributed by atoms with Crippen molar-refractivity contribution in [1.82, 2.24) is 5.32 Å². The highest BCUT2D eigenvalue weighted by molar-refractivity contribution is 5.77. The summed E-state index contributed by atoms with van der Waals surface area (Å²) in [7, 11) is 3.13. The Hall–Kier alpha value is -3.27. The zero-order valence-electron chi connectivity index (χ0n) is 14.0. The number of hydrogen-bond acceptors (Lipinski definition) is 4. The molecule has 0 amide bonds. The van der Waals surface area contributed by atoms with Crippen LogP contribution < -0.4 is 20.5 Å². The molecule has 0 aromatic heterocycles. The molecule has 0 spiro atoms. The van der Waals surface area contributed by atoms with E-state index in [4.69, 9.17) is 20.5 Å². The summed E-state index contributed by atoms with van der Waals surface area (Å²) in [4.78, 5) is 4.21. The van der Waals surface area contributed by atoms with E-state index in [1.807, 2.05) is 18.2 Å². The van der Waals surface area contributed by atoms with Gasteiger partial charge in [-0.05, 0) is 35.9 Å². The monoisotopic (exact) mass is 342 g/mol. The van der Waals surface area contributed by atoms with Crippen molar-refractivity contribution in [2.24, 2.45) is 10.7 Å². The molecule has 2 rings (SSSR count). The molecule has 0 heterocycles. The average molecular weight is 342 g/mol. The van der Waals surface area contributed by atoms with Gasteiger partial charge in [-0.15, -0.1) is 0 Å². The molecule has 0 aliphatic heterocycles. The molecule has 0 bridgehead atoms. The maximum absolute atomic E-state index is 13.7. The Morgan fingerprint density at radius 2 is 1.96 bits per heavy atom. The molecular weight excluding hydrogens is 323 g/mol. The second-order valence-electron chi connectivity index (χ2n) is 5.16. The van der Waals surface area contributed by atoms with Gasteiger partial charge in [0, 0.05) is 12.1 Å². The second kappa shape index (κ2) is 8.55. The van der Waals surface area contributed by atoms with E-state index < -0.39 is 5.82 Å². The van der Waals surface area contributed by atoms with E-state index >= 15 is 0 Å². The van der Waals surface area contributed by atoms with Gasteiger partial charge < -0.3 is 20.5 Å². The third-order valence-electron chi connectivity index (χ3n) is 3.51. The predicted molar refractivity (Wildman–Crippen MR) is 92.8 cm³/mol. The van der Waals surface area contributed by atoms with Crippen molar-refractivity contribution in [3.63, 3.8) is 0 Å². The standard InChI is InChI=1S/C18H19FN4O2/c1-24-16-6-4-13(8-17(16)25-2)10-22-18(21)23-11-14-7-12(9-20)3-5-15(14)19/h3-8H,10-11H2,1-2H3,(H3,21,22,23). The first-order valence-electron chi connectivity index (χ1n) is 7.50. The van der Waals surface area contributed by atoms with Crippen LogP contribution in [-0.2, 0) is 13.1 Å². The molecule has 0 radical (unpaired) electrons. The smallest absolute Gasteiger partial charge is 0.189 e. The summed E-state index contributed by atoms with van der Waals surface area (Å²) in [6.07, 6.45) is 0. The van der Waals surface area contributed by atoms with Gasteiger partial charge in [-0.3, -0.25) is 0 Å². The lowest BCUT2D eigenvalue weighted by molar-refractivity contribution is 0.354. The second-order valence-corrected chi connectivity index (χ2v) is 5.16. The molecule has 0 aliphatic rings. The highest BCUT2D eigenvalue weighted by Gasteiger charge is 2.06. The quantitative estimate of drug-likeness (QED) is 0.621. The molecule has 6 nitrogen and oxygen atoms in total. The first-order valence-corrected chi connectivity index (χ1v) is 7.50. The summed E-state index contributed by atoms with van der Waals surface area (Å²) in [5, 5.41) is 11.7. The van der Waals surface area contributed by atoms with Crippen LogP contribution in [0.2, 0.25) is 0 Å². The number of nitrogens with zero attached hydrogens (tertiary/aromatic N) is 2. The molecule has 0 saturated heterocycles. The minimum Gasteiger partial charge on any atom is -0.493 e. The van der Waals surface area contributed by atoms with Crippen molar-refractivity contribution in [1.29, 1.82) is 5.26 Å². The van der Waals surface area contributed by atoms with Gasteiger partial charge in [0.1, 0.15) is 5.82 Å². The van der Waals surface area contributed by atoms with E-state index in [0.717, 1.165) is 5.56 Å². The Morgan fingerprint density at radius 3 is 2.64 bits per heavy atom. The molecule has 130 valence electrons. The van der Waals surface area contributed by atoms with Crippen LogP contribution in [0.5, 0.6) is 11.5 Å². The Morgan fingerprint density at radius 1 is 1.20 bits per heavy atom. The minimum absolute atomic E-state index is 0.141. The number of rotatable bonds is 6. The summed E-state index contributed by atoms with van der Waals surface area (Å²) in [6.45, 7) is 0.475. The van der Waals surface area contributed by atoms with E-state index in [1.165, 1.54) is 18.2 Å². The van der Waals surface area contributed by atoms with Crippen molar-refractivity contribution in [3.05, 3.63) is 58.9 Å². The Labute approximate surface area is 145 Å². The molecule has 2 aromatic carbocycles. The zero-order valence-corrected chi connectivity index (χ0v) is 14.0. The topological polar surface area (TPSA) is 92.7 Å². The predicted octanol–water partition coefficient (Wildman–Crippen LogP) is 2.32. The summed E-state index contributed by atoms with van der Waals surface area (Å²) in [5.41, 5.74) is 7.44. The fourth-order valence-electron chi connectivity index (χ4n) is 2.18. The molecule has 7 heteroatoms. The van der Waals surface area contributed by atoms with Crippen LogP contribution in [0.15, 0.2) is 41.4 Å². The van der Waals surface area contributed by atoms with E-state index in [2.05, 4.69) is 10.3 Å². The van der Waals surface area contributed by atoms with Crippen molar-refractivity contribution < 1.29 is 13.9 Å². The summed E-state index contributed by atoms with van der Waals surface area (Å²) in [5.74, 6) is 1.02. The summed E-state index contributed by atoms with van der Waals surface area (Å²) >= 11 is 0. The molecule has 0 atom stereocenters. The van der Waals surface area contributed by atoms with Crippen LogP contribution >= 0.6 is 0 Å². The third kappa shape index (κ3) is 4.85. The number of guanidine groups is 1. The first-order chi connectivity index (χ1) is 12.1. The number of hydrogen-bond donors (Lipinski definition) is 2.